The Labute approximate surface area is 148 Å². The summed E-state index contributed by atoms with van der Waals surface area (Å²) in [5.41, 5.74) is 2.91. The highest BCUT2D eigenvalue weighted by molar-refractivity contribution is 5.79. The molecule has 1 amide bonds. The Bertz CT molecular complexity index is 743. The van der Waals surface area contributed by atoms with E-state index in [-0.39, 0.29) is 11.9 Å². The SMILES string of the molecule is COc1ccc(OC)c([C@@H]2CCCN2C(=O)Cc2ccc(C)nc2)c1. The minimum absolute atomic E-state index is 0.0240. The highest BCUT2D eigenvalue weighted by atomic mass is 16.5. The van der Waals surface area contributed by atoms with Gasteiger partial charge in [0, 0.05) is 24.0 Å². The van der Waals surface area contributed by atoms with Gasteiger partial charge >= 0.3 is 0 Å². The smallest absolute Gasteiger partial charge is 0.227 e. The molecule has 0 N–H and O–H groups in total. The van der Waals surface area contributed by atoms with Gasteiger partial charge in [0.05, 0.1) is 26.7 Å². The molecule has 0 saturated carbocycles. The highest BCUT2D eigenvalue weighted by Gasteiger charge is 2.32. The van der Waals surface area contributed by atoms with E-state index in [9.17, 15) is 4.79 Å². The Morgan fingerprint density at radius 2 is 2.08 bits per heavy atom. The van der Waals surface area contributed by atoms with Crippen molar-refractivity contribution in [1.29, 1.82) is 0 Å². The van der Waals surface area contributed by atoms with Gasteiger partial charge in [-0.05, 0) is 49.6 Å². The second-order valence-electron chi connectivity index (χ2n) is 6.34. The molecule has 5 nitrogen and oxygen atoms in total. The van der Waals surface area contributed by atoms with Crippen molar-refractivity contribution in [3.63, 3.8) is 0 Å². The van der Waals surface area contributed by atoms with Crippen LogP contribution in [0.3, 0.4) is 0 Å². The Hall–Kier alpha value is -2.56. The van der Waals surface area contributed by atoms with E-state index in [4.69, 9.17) is 9.47 Å². The molecule has 132 valence electrons. The average molecular weight is 340 g/mol. The minimum Gasteiger partial charge on any atom is -0.497 e. The third-order valence-electron chi connectivity index (χ3n) is 4.70. The summed E-state index contributed by atoms with van der Waals surface area (Å²) in [7, 11) is 3.30. The molecule has 0 unspecified atom stereocenters. The first kappa shape index (κ1) is 17.3. The van der Waals surface area contributed by atoms with E-state index >= 15 is 0 Å². The number of amides is 1. The first-order chi connectivity index (χ1) is 12.1. The lowest BCUT2D eigenvalue weighted by Gasteiger charge is -2.27. The normalized spacial score (nSPS) is 16.8. The molecule has 3 rings (SSSR count). The molecule has 1 aliphatic rings. The van der Waals surface area contributed by atoms with E-state index in [1.165, 1.54) is 0 Å². The van der Waals surface area contributed by atoms with Crippen LogP contribution in [0.25, 0.3) is 0 Å². The van der Waals surface area contributed by atoms with Crippen molar-refractivity contribution in [3.8, 4) is 11.5 Å². The van der Waals surface area contributed by atoms with Gasteiger partial charge < -0.3 is 14.4 Å². The van der Waals surface area contributed by atoms with Gasteiger partial charge in [-0.15, -0.1) is 0 Å². The molecule has 1 saturated heterocycles. The zero-order chi connectivity index (χ0) is 17.8. The van der Waals surface area contributed by atoms with E-state index in [1.54, 1.807) is 20.4 Å². The van der Waals surface area contributed by atoms with Crippen LogP contribution in [0.5, 0.6) is 11.5 Å². The van der Waals surface area contributed by atoms with Crippen molar-refractivity contribution in [1.82, 2.24) is 9.88 Å². The summed E-state index contributed by atoms with van der Waals surface area (Å²) in [6.07, 6.45) is 4.07. The molecule has 0 bridgehead atoms. The number of rotatable bonds is 5. The molecule has 1 aromatic heterocycles. The van der Waals surface area contributed by atoms with Crippen LogP contribution < -0.4 is 9.47 Å². The predicted octanol–water partition coefficient (Wildman–Crippen LogP) is 3.31. The van der Waals surface area contributed by atoms with Crippen LogP contribution in [0, 0.1) is 6.92 Å². The van der Waals surface area contributed by atoms with Crippen molar-refractivity contribution in [2.45, 2.75) is 32.2 Å². The van der Waals surface area contributed by atoms with Gasteiger partial charge in [-0.1, -0.05) is 6.07 Å². The Balaban J connectivity index is 1.82. The Kier molecular flexibility index (Phi) is 5.22. The summed E-state index contributed by atoms with van der Waals surface area (Å²) < 4.78 is 10.9. The largest absolute Gasteiger partial charge is 0.497 e. The molecular weight excluding hydrogens is 316 g/mol. The number of aromatic nitrogens is 1. The summed E-state index contributed by atoms with van der Waals surface area (Å²) in [6, 6.07) is 9.69. The molecule has 2 heterocycles. The number of carbonyl (C=O) groups excluding carboxylic acids is 1. The number of carbonyl (C=O) groups is 1. The fourth-order valence-corrected chi connectivity index (χ4v) is 3.37. The first-order valence-electron chi connectivity index (χ1n) is 8.55. The molecule has 1 atom stereocenters. The van der Waals surface area contributed by atoms with Crippen LogP contribution in [0.1, 0.15) is 35.7 Å². The second kappa shape index (κ2) is 7.55. The molecule has 0 spiro atoms. The fraction of sp³-hybridized carbons (Fsp3) is 0.400. The minimum atomic E-state index is 0.0240. The van der Waals surface area contributed by atoms with Crippen LogP contribution in [-0.4, -0.2) is 36.6 Å². The first-order valence-corrected chi connectivity index (χ1v) is 8.55. The zero-order valence-corrected chi connectivity index (χ0v) is 15.0. The van der Waals surface area contributed by atoms with Crippen LogP contribution in [0.15, 0.2) is 36.5 Å². The number of benzene rings is 1. The van der Waals surface area contributed by atoms with E-state index < -0.39 is 0 Å². The fourth-order valence-electron chi connectivity index (χ4n) is 3.37. The van der Waals surface area contributed by atoms with Crippen LogP contribution in [0.2, 0.25) is 0 Å². The van der Waals surface area contributed by atoms with Crippen molar-refractivity contribution in [2.24, 2.45) is 0 Å². The van der Waals surface area contributed by atoms with Crippen LogP contribution in [-0.2, 0) is 11.2 Å². The second-order valence-corrected chi connectivity index (χ2v) is 6.34. The van der Waals surface area contributed by atoms with Gasteiger partial charge in [0.15, 0.2) is 0 Å². The molecule has 1 aromatic carbocycles. The summed E-state index contributed by atoms with van der Waals surface area (Å²) in [4.78, 5) is 19.1. The van der Waals surface area contributed by atoms with E-state index in [0.717, 1.165) is 47.7 Å². The van der Waals surface area contributed by atoms with Crippen LogP contribution >= 0.6 is 0 Å². The molecule has 0 radical (unpaired) electrons. The number of pyridine rings is 1. The standard InChI is InChI=1S/C20H24N2O3/c1-14-6-7-15(13-21-14)11-20(23)22-10-4-5-18(22)17-12-16(24-2)8-9-19(17)25-3/h6-9,12-13,18H,4-5,10-11H2,1-3H3/t18-/m0/s1. The molecule has 5 heteroatoms. The Morgan fingerprint density at radius 1 is 1.24 bits per heavy atom. The molecule has 25 heavy (non-hydrogen) atoms. The van der Waals surface area contributed by atoms with Crippen molar-refractivity contribution in [2.75, 3.05) is 20.8 Å². The monoisotopic (exact) mass is 340 g/mol. The van der Waals surface area contributed by atoms with Crippen molar-refractivity contribution < 1.29 is 14.3 Å². The van der Waals surface area contributed by atoms with Crippen LogP contribution in [0.4, 0.5) is 0 Å². The number of nitrogens with zero attached hydrogens (tertiary/aromatic N) is 2. The van der Waals surface area contributed by atoms with Gasteiger partial charge in [-0.2, -0.15) is 0 Å². The van der Waals surface area contributed by atoms with E-state index in [1.807, 2.05) is 42.2 Å². The predicted molar refractivity (Wildman–Crippen MR) is 95.9 cm³/mol. The quantitative estimate of drug-likeness (QED) is 0.838. The average Bonchev–Trinajstić information content (AvgIpc) is 3.12. The maximum absolute atomic E-state index is 12.9. The number of likely N-dealkylation sites (tertiary alicyclic amines) is 1. The van der Waals surface area contributed by atoms with Crippen molar-refractivity contribution >= 4 is 5.91 Å². The molecule has 2 aromatic rings. The molecule has 1 fully saturated rings. The number of aryl methyl sites for hydroxylation is 1. The summed E-state index contributed by atoms with van der Waals surface area (Å²) in [5.74, 6) is 1.69. The molecular formula is C20H24N2O3. The van der Waals surface area contributed by atoms with E-state index in [0.29, 0.717) is 6.42 Å². The topological polar surface area (TPSA) is 51.7 Å². The number of methoxy groups -OCH3 is 2. The maximum Gasteiger partial charge on any atom is 0.227 e. The maximum atomic E-state index is 12.9. The van der Waals surface area contributed by atoms with Crippen molar-refractivity contribution in [3.05, 3.63) is 53.3 Å². The lowest BCUT2D eigenvalue weighted by atomic mass is 10.0. The third-order valence-corrected chi connectivity index (χ3v) is 4.70. The zero-order valence-electron chi connectivity index (χ0n) is 15.0. The molecule has 0 aliphatic carbocycles. The lowest BCUT2D eigenvalue weighted by molar-refractivity contribution is -0.131. The molecule has 1 aliphatic heterocycles. The Morgan fingerprint density at radius 3 is 2.76 bits per heavy atom. The van der Waals surface area contributed by atoms with Gasteiger partial charge in [0.1, 0.15) is 11.5 Å². The number of hydrogen-bond acceptors (Lipinski definition) is 4. The number of ether oxygens (including phenoxy) is 2. The summed E-state index contributed by atoms with van der Waals surface area (Å²) in [5, 5.41) is 0. The van der Waals surface area contributed by atoms with Gasteiger partial charge in [-0.3, -0.25) is 9.78 Å². The highest BCUT2D eigenvalue weighted by Crippen LogP contribution is 2.39. The summed E-state index contributed by atoms with van der Waals surface area (Å²) in [6.45, 7) is 2.71. The lowest BCUT2D eigenvalue weighted by Crippen LogP contribution is -2.32. The van der Waals surface area contributed by atoms with E-state index in [2.05, 4.69) is 4.98 Å². The van der Waals surface area contributed by atoms with Gasteiger partial charge in [0.2, 0.25) is 5.91 Å². The number of hydrogen-bond donors (Lipinski definition) is 0. The summed E-state index contributed by atoms with van der Waals surface area (Å²) >= 11 is 0. The third kappa shape index (κ3) is 3.76. The van der Waals surface area contributed by atoms with Gasteiger partial charge in [0.25, 0.3) is 0 Å². The van der Waals surface area contributed by atoms with Gasteiger partial charge in [-0.25, -0.2) is 0 Å².